The van der Waals surface area contributed by atoms with Crippen molar-refractivity contribution in [1.82, 2.24) is 5.32 Å². The molecule has 0 saturated heterocycles. The van der Waals surface area contributed by atoms with Crippen molar-refractivity contribution in [3.63, 3.8) is 0 Å². The molecule has 0 bridgehead atoms. The smallest absolute Gasteiger partial charge is 0.0897 e. The Bertz CT molecular complexity index is 305. The summed E-state index contributed by atoms with van der Waals surface area (Å²) in [5, 5.41) is 22.0. The molecule has 0 fully saturated rings. The Kier molecular flexibility index (Phi) is 26.8. The molecular weight excluding hydrogens is 374 g/mol. The number of hydrogen-bond acceptors (Lipinski definition) is 4. The van der Waals surface area contributed by atoms with Gasteiger partial charge in [0, 0.05) is 18.7 Å². The molecule has 0 aliphatic heterocycles. The van der Waals surface area contributed by atoms with Crippen LogP contribution in [0.1, 0.15) is 131 Å². The Labute approximate surface area is 189 Å². The average molecular weight is 432 g/mol. The summed E-state index contributed by atoms with van der Waals surface area (Å²) >= 11 is 0. The van der Waals surface area contributed by atoms with Gasteiger partial charge in [0.15, 0.2) is 0 Å². The molecule has 1 atom stereocenters. The molecule has 0 aromatic heterocycles. The molecule has 0 spiro atoms. The normalized spacial score (nSPS) is 12.5. The van der Waals surface area contributed by atoms with Gasteiger partial charge in [0.25, 0.3) is 0 Å². The predicted molar refractivity (Wildman–Crippen MR) is 132 cm³/mol. The first-order valence-corrected chi connectivity index (χ1v) is 13.0. The lowest BCUT2D eigenvalue weighted by molar-refractivity contribution is 0.0298. The maximum atomic E-state index is 9.78. The van der Waals surface area contributed by atoms with Crippen LogP contribution in [0.2, 0.25) is 0 Å². The maximum absolute atomic E-state index is 9.78. The molecule has 0 aliphatic rings. The molecule has 0 radical (unpaired) electrons. The number of rotatable bonds is 21. The summed E-state index contributed by atoms with van der Waals surface area (Å²) in [5.74, 6) is 0. The number of nitrogens with one attached hydrogen (secondary N) is 1. The number of hydrogen-bond donors (Lipinski definition) is 3. The Balaban J connectivity index is 0. The van der Waals surface area contributed by atoms with Crippen LogP contribution in [0, 0.1) is 0 Å². The van der Waals surface area contributed by atoms with Crippen molar-refractivity contribution in [1.29, 1.82) is 0 Å². The van der Waals surface area contributed by atoms with E-state index in [1.165, 1.54) is 89.9 Å². The fraction of sp³-hybridized carbons (Fsp3) is 1.00. The Morgan fingerprint density at radius 2 is 1.10 bits per heavy atom. The highest BCUT2D eigenvalue weighted by atomic mass is 16.5. The lowest BCUT2D eigenvalue weighted by Crippen LogP contribution is -2.46. The van der Waals surface area contributed by atoms with Gasteiger partial charge in [0.1, 0.15) is 0 Å². The molecule has 30 heavy (non-hydrogen) atoms. The molecule has 4 nitrogen and oxygen atoms in total. The lowest BCUT2D eigenvalue weighted by Gasteiger charge is -2.25. The van der Waals surface area contributed by atoms with Gasteiger partial charge in [-0.25, -0.2) is 0 Å². The number of aliphatic hydroxyl groups is 2. The highest BCUT2D eigenvalue weighted by Crippen LogP contribution is 2.09. The van der Waals surface area contributed by atoms with E-state index in [1.807, 2.05) is 13.8 Å². The lowest BCUT2D eigenvalue weighted by atomic mass is 10.1. The van der Waals surface area contributed by atoms with E-state index in [1.54, 1.807) is 0 Å². The van der Waals surface area contributed by atoms with Crippen LogP contribution in [0.15, 0.2) is 0 Å². The molecule has 0 aliphatic carbocycles. The molecule has 0 rings (SSSR count). The van der Waals surface area contributed by atoms with Crippen molar-refractivity contribution in [3.8, 4) is 0 Å². The third-order valence-electron chi connectivity index (χ3n) is 5.37. The summed E-state index contributed by atoms with van der Waals surface area (Å²) in [4.78, 5) is 0. The van der Waals surface area contributed by atoms with Crippen LogP contribution in [-0.2, 0) is 4.74 Å². The van der Waals surface area contributed by atoms with E-state index in [0.717, 1.165) is 13.0 Å². The van der Waals surface area contributed by atoms with Crippen LogP contribution < -0.4 is 5.32 Å². The summed E-state index contributed by atoms with van der Waals surface area (Å²) in [5.41, 5.74) is -0.349. The molecule has 1 unspecified atom stereocenters. The van der Waals surface area contributed by atoms with Crippen LogP contribution in [0.3, 0.4) is 0 Å². The zero-order valence-electron chi connectivity index (χ0n) is 21.3. The van der Waals surface area contributed by atoms with Gasteiger partial charge in [-0.05, 0) is 20.3 Å². The first kappa shape index (κ1) is 32.0. The third-order valence-corrected chi connectivity index (χ3v) is 5.37. The zero-order valence-corrected chi connectivity index (χ0v) is 21.3. The minimum absolute atomic E-state index is 0.0546. The van der Waals surface area contributed by atoms with Crippen molar-refractivity contribution in [3.05, 3.63) is 0 Å². The topological polar surface area (TPSA) is 61.7 Å². The molecule has 0 saturated carbocycles. The number of aliphatic hydroxyl groups excluding tert-OH is 2. The summed E-state index contributed by atoms with van der Waals surface area (Å²) in [7, 11) is 0. The second-order valence-corrected chi connectivity index (χ2v) is 9.39. The second kappa shape index (κ2) is 25.1. The Hall–Kier alpha value is -0.160. The average Bonchev–Trinajstić information content (AvgIpc) is 2.74. The number of ether oxygens (including phenoxy) is 1. The van der Waals surface area contributed by atoms with E-state index < -0.39 is 6.10 Å². The van der Waals surface area contributed by atoms with E-state index in [2.05, 4.69) is 26.1 Å². The van der Waals surface area contributed by atoms with E-state index in [9.17, 15) is 5.11 Å². The van der Waals surface area contributed by atoms with Gasteiger partial charge in [0.05, 0.1) is 19.3 Å². The van der Waals surface area contributed by atoms with Crippen molar-refractivity contribution in [2.75, 3.05) is 26.4 Å². The SMILES string of the molecule is CCCCCCCC.CCCCCCCCCCCOCC(O)CNC(C)(C)CO. The first-order valence-electron chi connectivity index (χ1n) is 13.0. The predicted octanol–water partition coefficient (Wildman–Crippen LogP) is 6.62. The van der Waals surface area contributed by atoms with Crippen LogP contribution in [0.25, 0.3) is 0 Å². The van der Waals surface area contributed by atoms with E-state index >= 15 is 0 Å². The van der Waals surface area contributed by atoms with Gasteiger partial charge >= 0.3 is 0 Å². The van der Waals surface area contributed by atoms with Gasteiger partial charge < -0.3 is 20.3 Å². The molecule has 0 amide bonds. The van der Waals surface area contributed by atoms with Crippen LogP contribution >= 0.6 is 0 Å². The molecule has 4 heteroatoms. The standard InChI is InChI=1S/C18H39NO3.C8H18/c1-4-5-6-7-8-9-10-11-12-13-22-15-17(21)14-19-18(2,3)16-20;1-3-5-7-8-6-4-2/h17,19-21H,4-16H2,1-3H3;3-8H2,1-2H3. The summed E-state index contributed by atoms with van der Waals surface area (Å²) in [6, 6.07) is 0. The third kappa shape index (κ3) is 27.8. The molecule has 184 valence electrons. The highest BCUT2D eigenvalue weighted by molar-refractivity contribution is 4.77. The summed E-state index contributed by atoms with van der Waals surface area (Å²) in [6.45, 7) is 12.2. The van der Waals surface area contributed by atoms with Crippen LogP contribution in [0.5, 0.6) is 0 Å². The molecule has 3 N–H and O–H groups in total. The fourth-order valence-corrected chi connectivity index (χ4v) is 3.10. The molecule has 0 aromatic carbocycles. The van der Waals surface area contributed by atoms with E-state index in [-0.39, 0.29) is 12.1 Å². The number of unbranched alkanes of at least 4 members (excludes halogenated alkanes) is 13. The Morgan fingerprint density at radius 3 is 1.50 bits per heavy atom. The monoisotopic (exact) mass is 431 g/mol. The molecular formula is C26H57NO3. The van der Waals surface area contributed by atoms with Crippen LogP contribution in [0.4, 0.5) is 0 Å². The van der Waals surface area contributed by atoms with Crippen LogP contribution in [-0.4, -0.2) is 48.2 Å². The van der Waals surface area contributed by atoms with Gasteiger partial charge in [-0.3, -0.25) is 0 Å². The first-order chi connectivity index (χ1) is 14.4. The van der Waals surface area contributed by atoms with Gasteiger partial charge in [-0.1, -0.05) is 111 Å². The van der Waals surface area contributed by atoms with Crippen molar-refractivity contribution >= 4 is 0 Å². The molecule has 0 aromatic rings. The fourth-order valence-electron chi connectivity index (χ4n) is 3.10. The van der Waals surface area contributed by atoms with E-state index in [4.69, 9.17) is 9.84 Å². The second-order valence-electron chi connectivity index (χ2n) is 9.39. The maximum Gasteiger partial charge on any atom is 0.0897 e. The van der Waals surface area contributed by atoms with Gasteiger partial charge in [0.2, 0.25) is 0 Å². The highest BCUT2D eigenvalue weighted by Gasteiger charge is 2.16. The number of β-amino-alcohol motifs (C(OH)–C–C–N with tert-alkyl or cyclic N) is 1. The summed E-state index contributed by atoms with van der Waals surface area (Å²) in [6.07, 6.45) is 19.7. The Morgan fingerprint density at radius 1 is 0.700 bits per heavy atom. The minimum Gasteiger partial charge on any atom is -0.394 e. The van der Waals surface area contributed by atoms with Crippen molar-refractivity contribution < 1.29 is 14.9 Å². The van der Waals surface area contributed by atoms with Crippen molar-refractivity contribution in [2.45, 2.75) is 143 Å². The molecule has 0 heterocycles. The largest absolute Gasteiger partial charge is 0.394 e. The summed E-state index contributed by atoms with van der Waals surface area (Å²) < 4.78 is 5.50. The van der Waals surface area contributed by atoms with Gasteiger partial charge in [-0.2, -0.15) is 0 Å². The van der Waals surface area contributed by atoms with Gasteiger partial charge in [-0.15, -0.1) is 0 Å². The minimum atomic E-state index is -0.510. The van der Waals surface area contributed by atoms with Crippen molar-refractivity contribution in [2.24, 2.45) is 0 Å². The zero-order chi connectivity index (χ0) is 22.9. The van der Waals surface area contributed by atoms with E-state index in [0.29, 0.717) is 13.2 Å². The quantitative estimate of drug-likeness (QED) is 0.179.